The molecule has 1 amide bonds. The summed E-state index contributed by atoms with van der Waals surface area (Å²) in [6.07, 6.45) is 3.23. The molecule has 0 atom stereocenters. The molecule has 0 aliphatic heterocycles. The third-order valence-corrected chi connectivity index (χ3v) is 5.17. The predicted octanol–water partition coefficient (Wildman–Crippen LogP) is 5.10. The second-order valence-electron chi connectivity index (χ2n) is 5.54. The van der Waals surface area contributed by atoms with Crippen LogP contribution in [0.25, 0.3) is 20.2 Å². The Morgan fingerprint density at radius 1 is 1.12 bits per heavy atom. The van der Waals surface area contributed by atoms with E-state index in [-0.39, 0.29) is 5.91 Å². The monoisotopic (exact) mass is 348 g/mol. The average molecular weight is 348 g/mol. The van der Waals surface area contributed by atoms with Gasteiger partial charge in [-0.05, 0) is 37.3 Å². The Balaban J connectivity index is 1.86. The van der Waals surface area contributed by atoms with Crippen LogP contribution in [0.3, 0.4) is 0 Å². The van der Waals surface area contributed by atoms with Gasteiger partial charge in [-0.3, -0.25) is 9.78 Å². The number of fused-ring (bicyclic) bond motifs is 3. The molecule has 25 heavy (non-hydrogen) atoms. The molecule has 0 aliphatic rings. The molecular weight excluding hydrogens is 332 g/mol. The fourth-order valence-electron chi connectivity index (χ4n) is 2.88. The van der Waals surface area contributed by atoms with Crippen molar-refractivity contribution in [1.82, 2.24) is 4.98 Å². The smallest absolute Gasteiger partial charge is 0.255 e. The summed E-state index contributed by atoms with van der Waals surface area (Å²) in [4.78, 5) is 16.5. The van der Waals surface area contributed by atoms with E-state index >= 15 is 0 Å². The molecule has 4 rings (SSSR count). The molecule has 0 radical (unpaired) electrons. The molecule has 4 nitrogen and oxygen atoms in total. The molecule has 0 unspecified atom stereocenters. The molecule has 2 aromatic heterocycles. The maximum atomic E-state index is 12.6. The van der Waals surface area contributed by atoms with Crippen LogP contribution in [0.1, 0.15) is 17.3 Å². The minimum Gasteiger partial charge on any atom is -0.492 e. The van der Waals surface area contributed by atoms with Crippen LogP contribution in [0.5, 0.6) is 5.75 Å². The van der Waals surface area contributed by atoms with Gasteiger partial charge >= 0.3 is 0 Å². The van der Waals surface area contributed by atoms with Crippen LogP contribution in [-0.2, 0) is 0 Å². The second-order valence-corrected chi connectivity index (χ2v) is 6.59. The standard InChI is InChI=1S/C20H16N2O2S/c1-2-24-16-8-7-15(22-20(23)13-9-11-21-12-10-13)18-14-5-3-4-6-17(14)25-19(16)18/h3-12H,2H2,1H3,(H,22,23). The molecule has 5 heteroatoms. The van der Waals surface area contributed by atoms with E-state index in [2.05, 4.69) is 22.4 Å². The normalized spacial score (nSPS) is 10.9. The Morgan fingerprint density at radius 2 is 1.92 bits per heavy atom. The van der Waals surface area contributed by atoms with E-state index in [1.165, 1.54) is 4.70 Å². The number of benzene rings is 2. The van der Waals surface area contributed by atoms with Crippen molar-refractivity contribution in [2.75, 3.05) is 11.9 Å². The highest BCUT2D eigenvalue weighted by molar-refractivity contribution is 7.26. The number of nitrogens with one attached hydrogen (secondary N) is 1. The number of anilines is 1. The van der Waals surface area contributed by atoms with Gasteiger partial charge in [-0.25, -0.2) is 0 Å². The Morgan fingerprint density at radius 3 is 2.72 bits per heavy atom. The largest absolute Gasteiger partial charge is 0.492 e. The molecule has 1 N–H and O–H groups in total. The van der Waals surface area contributed by atoms with Gasteiger partial charge in [0, 0.05) is 33.4 Å². The van der Waals surface area contributed by atoms with Crippen molar-refractivity contribution in [3.05, 3.63) is 66.5 Å². The highest BCUT2D eigenvalue weighted by Gasteiger charge is 2.16. The summed E-state index contributed by atoms with van der Waals surface area (Å²) in [5, 5.41) is 5.17. The van der Waals surface area contributed by atoms with Gasteiger partial charge in [0.2, 0.25) is 0 Å². The molecule has 4 aromatic rings. The zero-order chi connectivity index (χ0) is 17.2. The summed E-state index contributed by atoms with van der Waals surface area (Å²) < 4.78 is 8.00. The number of pyridine rings is 1. The van der Waals surface area contributed by atoms with Crippen LogP contribution in [-0.4, -0.2) is 17.5 Å². The third-order valence-electron chi connectivity index (χ3n) is 3.98. The van der Waals surface area contributed by atoms with Crippen LogP contribution in [0.2, 0.25) is 0 Å². The van der Waals surface area contributed by atoms with Crippen molar-refractivity contribution < 1.29 is 9.53 Å². The first-order chi connectivity index (χ1) is 12.3. The fourth-order valence-corrected chi connectivity index (χ4v) is 4.07. The number of rotatable bonds is 4. The Hall–Kier alpha value is -2.92. The van der Waals surface area contributed by atoms with E-state index < -0.39 is 0 Å². The molecule has 0 fully saturated rings. The summed E-state index contributed by atoms with van der Waals surface area (Å²) in [6, 6.07) is 15.4. The maximum Gasteiger partial charge on any atom is 0.255 e. The molecule has 0 aliphatic carbocycles. The van der Waals surface area contributed by atoms with E-state index in [0.717, 1.165) is 26.9 Å². The minimum atomic E-state index is -0.150. The van der Waals surface area contributed by atoms with Gasteiger partial charge < -0.3 is 10.1 Å². The molecular formula is C20H16N2O2S. The van der Waals surface area contributed by atoms with Gasteiger partial charge in [-0.2, -0.15) is 0 Å². The molecule has 0 spiro atoms. The Labute approximate surface area is 149 Å². The lowest BCUT2D eigenvalue weighted by Gasteiger charge is -2.10. The number of carbonyl (C=O) groups excluding carboxylic acids is 1. The van der Waals surface area contributed by atoms with Crippen LogP contribution >= 0.6 is 11.3 Å². The predicted molar refractivity (Wildman–Crippen MR) is 103 cm³/mol. The summed E-state index contributed by atoms with van der Waals surface area (Å²) >= 11 is 1.68. The number of aromatic nitrogens is 1. The summed E-state index contributed by atoms with van der Waals surface area (Å²) in [5.74, 6) is 0.698. The van der Waals surface area contributed by atoms with E-state index in [0.29, 0.717) is 12.2 Å². The lowest BCUT2D eigenvalue weighted by atomic mass is 10.1. The van der Waals surface area contributed by atoms with Crippen molar-refractivity contribution in [2.45, 2.75) is 6.92 Å². The van der Waals surface area contributed by atoms with Crippen molar-refractivity contribution in [2.24, 2.45) is 0 Å². The maximum absolute atomic E-state index is 12.6. The Kier molecular flexibility index (Phi) is 4.07. The van der Waals surface area contributed by atoms with Crippen LogP contribution in [0, 0.1) is 0 Å². The third kappa shape index (κ3) is 2.83. The zero-order valence-electron chi connectivity index (χ0n) is 13.7. The highest BCUT2D eigenvalue weighted by atomic mass is 32.1. The summed E-state index contributed by atoms with van der Waals surface area (Å²) in [7, 11) is 0. The Bertz CT molecular complexity index is 1060. The summed E-state index contributed by atoms with van der Waals surface area (Å²) in [5.41, 5.74) is 1.37. The molecule has 0 bridgehead atoms. The van der Waals surface area contributed by atoms with E-state index in [4.69, 9.17) is 4.74 Å². The van der Waals surface area contributed by atoms with Crippen molar-refractivity contribution in [1.29, 1.82) is 0 Å². The lowest BCUT2D eigenvalue weighted by molar-refractivity contribution is 0.102. The topological polar surface area (TPSA) is 51.2 Å². The van der Waals surface area contributed by atoms with E-state index in [1.54, 1.807) is 35.9 Å². The van der Waals surface area contributed by atoms with Crippen LogP contribution < -0.4 is 10.1 Å². The first kappa shape index (κ1) is 15.6. The van der Waals surface area contributed by atoms with Gasteiger partial charge in [0.1, 0.15) is 5.75 Å². The van der Waals surface area contributed by atoms with Crippen molar-refractivity contribution in [3.63, 3.8) is 0 Å². The highest BCUT2D eigenvalue weighted by Crippen LogP contribution is 2.43. The fraction of sp³-hybridized carbons (Fsp3) is 0.100. The van der Waals surface area contributed by atoms with Crippen molar-refractivity contribution >= 4 is 43.1 Å². The molecule has 2 aromatic carbocycles. The zero-order valence-corrected chi connectivity index (χ0v) is 14.5. The number of hydrogen-bond donors (Lipinski definition) is 1. The lowest BCUT2D eigenvalue weighted by Crippen LogP contribution is -2.12. The number of amides is 1. The molecule has 0 saturated heterocycles. The van der Waals surface area contributed by atoms with Gasteiger partial charge in [0.15, 0.2) is 0 Å². The number of hydrogen-bond acceptors (Lipinski definition) is 4. The number of carbonyl (C=O) groups is 1. The number of nitrogens with zero attached hydrogens (tertiary/aromatic N) is 1. The molecule has 124 valence electrons. The van der Waals surface area contributed by atoms with Gasteiger partial charge in [0.05, 0.1) is 17.0 Å². The van der Waals surface area contributed by atoms with Gasteiger partial charge in [-0.1, -0.05) is 18.2 Å². The second kappa shape index (κ2) is 6.53. The van der Waals surface area contributed by atoms with Crippen molar-refractivity contribution in [3.8, 4) is 5.75 Å². The summed E-state index contributed by atoms with van der Waals surface area (Å²) in [6.45, 7) is 2.57. The van der Waals surface area contributed by atoms with Gasteiger partial charge in [0.25, 0.3) is 5.91 Å². The minimum absolute atomic E-state index is 0.150. The molecule has 2 heterocycles. The van der Waals surface area contributed by atoms with Gasteiger partial charge in [-0.15, -0.1) is 11.3 Å². The van der Waals surface area contributed by atoms with Crippen LogP contribution in [0.15, 0.2) is 60.9 Å². The number of thiophene rings is 1. The van der Waals surface area contributed by atoms with Crippen LogP contribution in [0.4, 0.5) is 5.69 Å². The average Bonchev–Trinajstić information content (AvgIpc) is 3.05. The first-order valence-electron chi connectivity index (χ1n) is 8.06. The first-order valence-corrected chi connectivity index (χ1v) is 8.88. The SMILES string of the molecule is CCOc1ccc(NC(=O)c2ccncc2)c2c1sc1ccccc12. The number of ether oxygens (including phenoxy) is 1. The van der Waals surface area contributed by atoms with E-state index in [9.17, 15) is 4.79 Å². The quantitative estimate of drug-likeness (QED) is 0.558. The molecule has 0 saturated carbocycles. The van der Waals surface area contributed by atoms with E-state index in [1.807, 2.05) is 31.2 Å².